The van der Waals surface area contributed by atoms with Crippen LogP contribution >= 0.6 is 0 Å². The Morgan fingerprint density at radius 2 is 1.74 bits per heavy atom. The van der Waals surface area contributed by atoms with Crippen molar-refractivity contribution in [2.45, 2.75) is 26.4 Å². The zero-order chi connectivity index (χ0) is 16.1. The first-order valence-corrected chi connectivity index (χ1v) is 7.96. The second kappa shape index (κ2) is 7.10. The van der Waals surface area contributed by atoms with E-state index < -0.39 is 0 Å². The molecular weight excluding hydrogens is 282 g/mol. The quantitative estimate of drug-likeness (QED) is 0.625. The van der Waals surface area contributed by atoms with E-state index in [1.54, 1.807) is 0 Å². The van der Waals surface area contributed by atoms with Gasteiger partial charge < -0.3 is 4.74 Å². The fourth-order valence-corrected chi connectivity index (χ4v) is 2.62. The molecule has 0 radical (unpaired) electrons. The Morgan fingerprint density at radius 3 is 2.52 bits per heavy atom. The summed E-state index contributed by atoms with van der Waals surface area (Å²) >= 11 is 0. The predicted octanol–water partition coefficient (Wildman–Crippen LogP) is 5.45. The Hall–Kier alpha value is -2.61. The highest BCUT2D eigenvalue weighted by Gasteiger charge is 2.10. The maximum absolute atomic E-state index is 5.93. The average Bonchev–Trinajstić information content (AvgIpc) is 2.61. The van der Waals surface area contributed by atoms with Crippen molar-refractivity contribution >= 4 is 0 Å². The molecule has 3 rings (SSSR count). The molecule has 0 aliphatic heterocycles. The summed E-state index contributed by atoms with van der Waals surface area (Å²) in [6, 6.07) is 22.6. The van der Waals surface area contributed by atoms with E-state index in [1.807, 2.05) is 42.6 Å². The molecule has 0 saturated carbocycles. The molecule has 0 bridgehead atoms. The van der Waals surface area contributed by atoms with Gasteiger partial charge in [-0.25, -0.2) is 0 Å². The number of ether oxygens (including phenoxy) is 1. The second-order valence-corrected chi connectivity index (χ2v) is 5.89. The highest BCUT2D eigenvalue weighted by Crippen LogP contribution is 2.29. The molecule has 2 nitrogen and oxygen atoms in total. The zero-order valence-corrected chi connectivity index (χ0v) is 13.6. The molecular formula is C21H21NO. The largest absolute Gasteiger partial charge is 0.489 e. The van der Waals surface area contributed by atoms with E-state index in [0.29, 0.717) is 12.5 Å². The van der Waals surface area contributed by atoms with Crippen LogP contribution in [-0.2, 0) is 6.61 Å². The van der Waals surface area contributed by atoms with Crippen LogP contribution in [0.5, 0.6) is 5.75 Å². The van der Waals surface area contributed by atoms with Crippen molar-refractivity contribution in [3.05, 3.63) is 84.2 Å². The predicted molar refractivity (Wildman–Crippen MR) is 94.5 cm³/mol. The standard InChI is InChI=1S/C21H21NO/c1-16(2)21-20(12-7-13-22-21)18-10-6-11-19(14-18)23-15-17-8-4-3-5-9-17/h3-14,16H,15H2,1-2H3. The van der Waals surface area contributed by atoms with Crippen LogP contribution in [0.25, 0.3) is 11.1 Å². The van der Waals surface area contributed by atoms with Crippen molar-refractivity contribution in [3.63, 3.8) is 0 Å². The minimum Gasteiger partial charge on any atom is -0.489 e. The Morgan fingerprint density at radius 1 is 0.913 bits per heavy atom. The minimum atomic E-state index is 0.389. The van der Waals surface area contributed by atoms with Crippen LogP contribution in [0.2, 0.25) is 0 Å². The summed E-state index contributed by atoms with van der Waals surface area (Å²) in [5.74, 6) is 1.27. The molecule has 0 spiro atoms. The molecule has 3 aromatic rings. The lowest BCUT2D eigenvalue weighted by Gasteiger charge is -2.13. The van der Waals surface area contributed by atoms with E-state index in [0.717, 1.165) is 17.0 Å². The van der Waals surface area contributed by atoms with Crippen LogP contribution in [0, 0.1) is 0 Å². The van der Waals surface area contributed by atoms with Gasteiger partial charge in [-0.3, -0.25) is 4.98 Å². The summed E-state index contributed by atoms with van der Waals surface area (Å²) < 4.78 is 5.93. The summed E-state index contributed by atoms with van der Waals surface area (Å²) in [5.41, 5.74) is 4.61. The molecule has 0 saturated heterocycles. The smallest absolute Gasteiger partial charge is 0.120 e. The van der Waals surface area contributed by atoms with Gasteiger partial charge in [-0.05, 0) is 35.2 Å². The number of nitrogens with zero attached hydrogens (tertiary/aromatic N) is 1. The van der Waals surface area contributed by atoms with Gasteiger partial charge in [0, 0.05) is 11.8 Å². The first-order valence-electron chi connectivity index (χ1n) is 7.96. The average molecular weight is 303 g/mol. The van der Waals surface area contributed by atoms with Gasteiger partial charge in [0.15, 0.2) is 0 Å². The molecule has 116 valence electrons. The van der Waals surface area contributed by atoms with Crippen molar-refractivity contribution in [1.82, 2.24) is 4.98 Å². The fraction of sp³-hybridized carbons (Fsp3) is 0.190. The maximum Gasteiger partial charge on any atom is 0.120 e. The highest BCUT2D eigenvalue weighted by atomic mass is 16.5. The number of aromatic nitrogens is 1. The Kier molecular flexibility index (Phi) is 4.72. The first kappa shape index (κ1) is 15.3. The number of pyridine rings is 1. The molecule has 0 aliphatic carbocycles. The molecule has 0 unspecified atom stereocenters. The van der Waals surface area contributed by atoms with Gasteiger partial charge >= 0.3 is 0 Å². The van der Waals surface area contributed by atoms with E-state index in [9.17, 15) is 0 Å². The molecule has 2 aromatic carbocycles. The second-order valence-electron chi connectivity index (χ2n) is 5.89. The van der Waals surface area contributed by atoms with Crippen LogP contribution < -0.4 is 4.74 Å². The lowest BCUT2D eigenvalue weighted by atomic mass is 9.98. The van der Waals surface area contributed by atoms with E-state index in [4.69, 9.17) is 4.74 Å². The number of hydrogen-bond acceptors (Lipinski definition) is 2. The summed E-state index contributed by atoms with van der Waals surface area (Å²) in [6.07, 6.45) is 1.86. The van der Waals surface area contributed by atoms with E-state index in [-0.39, 0.29) is 0 Å². The van der Waals surface area contributed by atoms with E-state index in [1.165, 1.54) is 11.1 Å². The lowest BCUT2D eigenvalue weighted by Crippen LogP contribution is -1.97. The third kappa shape index (κ3) is 3.78. The molecule has 0 N–H and O–H groups in total. The SMILES string of the molecule is CC(C)c1ncccc1-c1cccc(OCc2ccccc2)c1. The van der Waals surface area contributed by atoms with Gasteiger partial charge in [0.1, 0.15) is 12.4 Å². The summed E-state index contributed by atoms with van der Waals surface area (Å²) in [4.78, 5) is 4.54. The molecule has 0 atom stereocenters. The zero-order valence-electron chi connectivity index (χ0n) is 13.6. The molecule has 0 aliphatic rings. The topological polar surface area (TPSA) is 22.1 Å². The molecule has 2 heteroatoms. The number of hydrogen-bond donors (Lipinski definition) is 0. The molecule has 1 aromatic heterocycles. The Labute approximate surface area is 137 Å². The van der Waals surface area contributed by atoms with Gasteiger partial charge in [-0.15, -0.1) is 0 Å². The van der Waals surface area contributed by atoms with Crippen LogP contribution in [0.15, 0.2) is 72.9 Å². The first-order chi connectivity index (χ1) is 11.2. The maximum atomic E-state index is 5.93. The van der Waals surface area contributed by atoms with Crippen LogP contribution in [0.1, 0.15) is 31.0 Å². The molecule has 23 heavy (non-hydrogen) atoms. The highest BCUT2D eigenvalue weighted by molar-refractivity contribution is 5.67. The van der Waals surface area contributed by atoms with Gasteiger partial charge in [0.2, 0.25) is 0 Å². The lowest BCUT2D eigenvalue weighted by molar-refractivity contribution is 0.306. The third-order valence-electron chi connectivity index (χ3n) is 3.78. The van der Waals surface area contributed by atoms with Crippen molar-refractivity contribution in [2.75, 3.05) is 0 Å². The van der Waals surface area contributed by atoms with Crippen molar-refractivity contribution < 1.29 is 4.74 Å². The van der Waals surface area contributed by atoms with Crippen LogP contribution in [0.4, 0.5) is 0 Å². The normalized spacial score (nSPS) is 10.7. The van der Waals surface area contributed by atoms with E-state index >= 15 is 0 Å². The van der Waals surface area contributed by atoms with Crippen molar-refractivity contribution in [2.24, 2.45) is 0 Å². The summed E-state index contributed by atoms with van der Waals surface area (Å²) in [5, 5.41) is 0. The van der Waals surface area contributed by atoms with Crippen molar-refractivity contribution in [3.8, 4) is 16.9 Å². The monoisotopic (exact) mass is 303 g/mol. The third-order valence-corrected chi connectivity index (χ3v) is 3.78. The Bertz CT molecular complexity index is 766. The van der Waals surface area contributed by atoms with Gasteiger partial charge in [0.25, 0.3) is 0 Å². The van der Waals surface area contributed by atoms with Gasteiger partial charge in [0.05, 0.1) is 5.69 Å². The van der Waals surface area contributed by atoms with Crippen LogP contribution in [-0.4, -0.2) is 4.98 Å². The summed E-state index contributed by atoms with van der Waals surface area (Å²) in [7, 11) is 0. The summed E-state index contributed by atoms with van der Waals surface area (Å²) in [6.45, 7) is 4.91. The minimum absolute atomic E-state index is 0.389. The van der Waals surface area contributed by atoms with Crippen molar-refractivity contribution in [1.29, 1.82) is 0 Å². The number of rotatable bonds is 5. The molecule has 0 amide bonds. The fourth-order valence-electron chi connectivity index (χ4n) is 2.62. The Balaban J connectivity index is 1.83. The van der Waals surface area contributed by atoms with E-state index in [2.05, 4.69) is 49.2 Å². The van der Waals surface area contributed by atoms with Crippen LogP contribution in [0.3, 0.4) is 0 Å². The van der Waals surface area contributed by atoms with Gasteiger partial charge in [-0.1, -0.05) is 62.4 Å². The molecule has 1 heterocycles. The number of benzene rings is 2. The van der Waals surface area contributed by atoms with Gasteiger partial charge in [-0.2, -0.15) is 0 Å². The molecule has 0 fully saturated rings.